The molecular weight excluding hydrogens is 390 g/mol. The molecule has 2 aliphatic heterocycles. The van der Waals surface area contributed by atoms with Gasteiger partial charge >= 0.3 is 6.09 Å². The lowest BCUT2D eigenvalue weighted by atomic mass is 10.1. The van der Waals surface area contributed by atoms with Gasteiger partial charge in [0.05, 0.1) is 17.7 Å². The molecule has 158 valence electrons. The van der Waals surface area contributed by atoms with Crippen molar-refractivity contribution >= 4 is 29.0 Å². The summed E-state index contributed by atoms with van der Waals surface area (Å²) in [5.41, 5.74) is 3.50. The highest BCUT2D eigenvalue weighted by Crippen LogP contribution is 2.43. The van der Waals surface area contributed by atoms with E-state index in [2.05, 4.69) is 30.0 Å². The molecule has 3 aromatic rings. The van der Waals surface area contributed by atoms with Crippen LogP contribution in [0.25, 0.3) is 22.3 Å². The van der Waals surface area contributed by atoms with Crippen molar-refractivity contribution in [2.24, 2.45) is 0 Å². The van der Waals surface area contributed by atoms with Crippen LogP contribution < -0.4 is 4.90 Å². The second-order valence-electron chi connectivity index (χ2n) is 8.30. The van der Waals surface area contributed by atoms with E-state index in [1.807, 2.05) is 36.1 Å². The molecule has 7 heteroatoms. The molecule has 31 heavy (non-hydrogen) atoms. The van der Waals surface area contributed by atoms with Gasteiger partial charge in [-0.3, -0.25) is 4.90 Å². The molecule has 0 bridgehead atoms. The van der Waals surface area contributed by atoms with Crippen molar-refractivity contribution < 1.29 is 9.53 Å². The van der Waals surface area contributed by atoms with E-state index in [0.29, 0.717) is 12.4 Å². The lowest BCUT2D eigenvalue weighted by Crippen LogP contribution is -2.29. The van der Waals surface area contributed by atoms with Gasteiger partial charge in [0, 0.05) is 42.4 Å². The molecule has 5 rings (SSSR count). The first-order valence-electron chi connectivity index (χ1n) is 10.6. The fraction of sp³-hybridized carbons (Fsp3) is 0.333. The molecule has 0 saturated carbocycles. The summed E-state index contributed by atoms with van der Waals surface area (Å²) in [5.74, 6) is 1.50. The molecule has 0 aliphatic carbocycles. The molecule has 3 heterocycles. The fourth-order valence-electron chi connectivity index (χ4n) is 4.52. The number of carbonyl (C=O) groups excluding carboxylic acids is 1. The number of fused-ring (bicyclic) bond motifs is 1. The average molecular weight is 415 g/mol. The highest BCUT2D eigenvalue weighted by Gasteiger charge is 2.59. The van der Waals surface area contributed by atoms with Crippen LogP contribution in [-0.2, 0) is 4.74 Å². The van der Waals surface area contributed by atoms with Gasteiger partial charge in [0.15, 0.2) is 5.82 Å². The van der Waals surface area contributed by atoms with Gasteiger partial charge in [-0.2, -0.15) is 0 Å². The van der Waals surface area contributed by atoms with Crippen molar-refractivity contribution in [1.29, 1.82) is 5.41 Å². The summed E-state index contributed by atoms with van der Waals surface area (Å²) in [6, 6.07) is 13.9. The van der Waals surface area contributed by atoms with E-state index in [0.717, 1.165) is 59.5 Å². The van der Waals surface area contributed by atoms with Gasteiger partial charge in [-0.1, -0.05) is 30.3 Å². The minimum absolute atomic E-state index is 0.152. The number of nitrogens with zero attached hydrogens (tertiary/aromatic N) is 4. The zero-order valence-electron chi connectivity index (χ0n) is 17.8. The summed E-state index contributed by atoms with van der Waals surface area (Å²) in [6.07, 6.45) is 2.01. The number of rotatable bonds is 4. The van der Waals surface area contributed by atoms with Gasteiger partial charge < -0.3 is 15.0 Å². The largest absolute Gasteiger partial charge is 0.450 e. The Morgan fingerprint density at radius 2 is 2.06 bits per heavy atom. The van der Waals surface area contributed by atoms with E-state index < -0.39 is 0 Å². The normalized spacial score (nSPS) is 19.8. The molecule has 1 unspecified atom stereocenters. The second kappa shape index (κ2) is 7.34. The summed E-state index contributed by atoms with van der Waals surface area (Å²) < 4.78 is 5.20. The SMILES string of the molecule is CCOC(=O)N1CC12CCN(c1nc(-c3ccccc3C=N)nc3cc(C)ccc13)C2. The number of anilines is 1. The first-order chi connectivity index (χ1) is 15.0. The Morgan fingerprint density at radius 3 is 2.87 bits per heavy atom. The highest BCUT2D eigenvalue weighted by atomic mass is 16.6. The molecule has 1 aromatic heterocycles. The third-order valence-electron chi connectivity index (χ3n) is 6.23. The molecule has 1 N–H and O–H groups in total. The topological polar surface area (TPSA) is 82.2 Å². The van der Waals surface area contributed by atoms with Crippen LogP contribution in [0.3, 0.4) is 0 Å². The van der Waals surface area contributed by atoms with Crippen molar-refractivity contribution in [1.82, 2.24) is 14.9 Å². The van der Waals surface area contributed by atoms with Gasteiger partial charge in [0.25, 0.3) is 0 Å². The van der Waals surface area contributed by atoms with E-state index in [9.17, 15) is 4.79 Å². The predicted molar refractivity (Wildman–Crippen MR) is 121 cm³/mol. The number of nitrogens with one attached hydrogen (secondary N) is 1. The molecule has 7 nitrogen and oxygen atoms in total. The minimum atomic E-state index is -0.229. The standard InChI is InChI=1S/C24H25N5O2/c1-3-31-23(30)29-15-24(29)10-11-28(14-24)22-19-9-8-16(2)12-20(19)26-21(27-22)18-7-5-4-6-17(18)13-25/h4-9,12-13,25H,3,10-11,14-15H2,1-2H3. The van der Waals surface area contributed by atoms with Crippen molar-refractivity contribution in [3.05, 3.63) is 53.6 Å². The Morgan fingerprint density at radius 1 is 1.23 bits per heavy atom. The van der Waals surface area contributed by atoms with E-state index >= 15 is 0 Å². The smallest absolute Gasteiger partial charge is 0.410 e. The monoisotopic (exact) mass is 415 g/mol. The number of ether oxygens (including phenoxy) is 1. The quantitative estimate of drug-likeness (QED) is 0.514. The molecule has 1 atom stereocenters. The van der Waals surface area contributed by atoms with E-state index in [-0.39, 0.29) is 11.6 Å². The number of benzene rings is 2. The van der Waals surface area contributed by atoms with E-state index in [1.54, 1.807) is 0 Å². The van der Waals surface area contributed by atoms with Crippen LogP contribution in [0, 0.1) is 12.3 Å². The van der Waals surface area contributed by atoms with Crippen LogP contribution in [0.2, 0.25) is 0 Å². The van der Waals surface area contributed by atoms with Crippen LogP contribution >= 0.6 is 0 Å². The van der Waals surface area contributed by atoms with Crippen molar-refractivity contribution in [3.8, 4) is 11.4 Å². The zero-order valence-corrected chi connectivity index (χ0v) is 17.8. The Kier molecular flexibility index (Phi) is 4.61. The summed E-state index contributed by atoms with van der Waals surface area (Å²) in [4.78, 5) is 26.1. The molecule has 1 spiro atoms. The Balaban J connectivity index is 1.56. The fourth-order valence-corrected chi connectivity index (χ4v) is 4.52. The number of aromatic nitrogens is 2. The summed E-state index contributed by atoms with van der Waals surface area (Å²) in [5, 5.41) is 8.77. The summed E-state index contributed by atoms with van der Waals surface area (Å²) in [6.45, 7) is 6.56. The van der Waals surface area contributed by atoms with Gasteiger partial charge in [-0.25, -0.2) is 14.8 Å². The Labute approximate surface area is 181 Å². The van der Waals surface area contributed by atoms with Crippen LogP contribution in [0.4, 0.5) is 10.6 Å². The molecular formula is C24H25N5O2. The first-order valence-corrected chi connectivity index (χ1v) is 10.6. The third-order valence-corrected chi connectivity index (χ3v) is 6.23. The number of amides is 1. The van der Waals surface area contributed by atoms with Crippen LogP contribution in [0.1, 0.15) is 24.5 Å². The molecule has 1 amide bonds. The van der Waals surface area contributed by atoms with E-state index in [1.165, 1.54) is 6.21 Å². The van der Waals surface area contributed by atoms with Crippen LogP contribution in [0.5, 0.6) is 0 Å². The Bertz CT molecular complexity index is 1190. The molecule has 2 saturated heterocycles. The second-order valence-corrected chi connectivity index (χ2v) is 8.30. The first kappa shape index (κ1) is 19.5. The van der Waals surface area contributed by atoms with E-state index in [4.69, 9.17) is 20.1 Å². The maximum atomic E-state index is 12.2. The average Bonchev–Trinajstić information content (AvgIpc) is 3.32. The third kappa shape index (κ3) is 3.30. The molecule has 2 aromatic carbocycles. The van der Waals surface area contributed by atoms with Gasteiger partial charge in [-0.05, 0) is 38.0 Å². The molecule has 2 aliphatic rings. The number of carbonyl (C=O) groups is 1. The van der Waals surface area contributed by atoms with Crippen molar-refractivity contribution in [2.75, 3.05) is 31.1 Å². The number of hydrogen-bond donors (Lipinski definition) is 1. The maximum Gasteiger partial charge on any atom is 0.410 e. The molecule has 2 fully saturated rings. The van der Waals surface area contributed by atoms with Crippen LogP contribution in [0.15, 0.2) is 42.5 Å². The van der Waals surface area contributed by atoms with Crippen molar-refractivity contribution in [3.63, 3.8) is 0 Å². The van der Waals surface area contributed by atoms with Crippen molar-refractivity contribution in [2.45, 2.75) is 25.8 Å². The lowest BCUT2D eigenvalue weighted by molar-refractivity contribution is 0.130. The number of hydrogen-bond acceptors (Lipinski definition) is 6. The minimum Gasteiger partial charge on any atom is -0.450 e. The summed E-state index contributed by atoms with van der Waals surface area (Å²) in [7, 11) is 0. The van der Waals surface area contributed by atoms with Gasteiger partial charge in [-0.15, -0.1) is 0 Å². The zero-order chi connectivity index (χ0) is 21.6. The van der Waals surface area contributed by atoms with Gasteiger partial charge in [0.1, 0.15) is 5.82 Å². The lowest BCUT2D eigenvalue weighted by Gasteiger charge is -2.21. The Hall–Kier alpha value is -3.48. The predicted octanol–water partition coefficient (Wildman–Crippen LogP) is 4.02. The maximum absolute atomic E-state index is 12.2. The van der Waals surface area contributed by atoms with Gasteiger partial charge in [0.2, 0.25) is 0 Å². The molecule has 0 radical (unpaired) electrons. The highest BCUT2D eigenvalue weighted by molar-refractivity contribution is 5.94. The summed E-state index contributed by atoms with van der Waals surface area (Å²) >= 11 is 0. The van der Waals surface area contributed by atoms with Crippen LogP contribution in [-0.4, -0.2) is 59.0 Å². The number of aryl methyl sites for hydroxylation is 1.